The van der Waals surface area contributed by atoms with E-state index in [1.165, 1.54) is 32.1 Å². The number of epoxide rings is 1. The molecular formula is C16H24O3. The molecule has 0 bridgehead atoms. The maximum atomic E-state index is 12.3. The lowest BCUT2D eigenvalue weighted by Crippen LogP contribution is -2.29. The Bertz CT molecular complexity index is 381. The van der Waals surface area contributed by atoms with E-state index in [2.05, 4.69) is 13.8 Å². The highest BCUT2D eigenvalue weighted by atomic mass is 16.6. The topological polar surface area (TPSA) is 38.8 Å². The van der Waals surface area contributed by atoms with Crippen molar-refractivity contribution in [2.24, 2.45) is 11.8 Å². The first-order valence-corrected chi connectivity index (χ1v) is 7.73. The zero-order chi connectivity index (χ0) is 13.4. The van der Waals surface area contributed by atoms with Crippen molar-refractivity contribution in [3.05, 3.63) is 11.6 Å². The minimum atomic E-state index is -0.112. The second-order valence-electron chi connectivity index (χ2n) is 6.41. The molecule has 0 aromatic rings. The number of esters is 1. The van der Waals surface area contributed by atoms with Gasteiger partial charge in [0.25, 0.3) is 0 Å². The maximum absolute atomic E-state index is 12.3. The fourth-order valence-corrected chi connectivity index (χ4v) is 3.52. The fourth-order valence-electron chi connectivity index (χ4n) is 3.52. The van der Waals surface area contributed by atoms with Gasteiger partial charge in [0.2, 0.25) is 0 Å². The van der Waals surface area contributed by atoms with Crippen molar-refractivity contribution in [1.29, 1.82) is 0 Å². The van der Waals surface area contributed by atoms with Gasteiger partial charge in [-0.1, -0.05) is 26.2 Å². The van der Waals surface area contributed by atoms with Crippen LogP contribution in [0.5, 0.6) is 0 Å². The van der Waals surface area contributed by atoms with Crippen LogP contribution < -0.4 is 0 Å². The molecule has 0 aromatic heterocycles. The average molecular weight is 264 g/mol. The van der Waals surface area contributed by atoms with E-state index in [0.29, 0.717) is 12.0 Å². The third-order valence-electron chi connectivity index (χ3n) is 4.92. The van der Waals surface area contributed by atoms with Crippen LogP contribution in [-0.4, -0.2) is 24.3 Å². The largest absolute Gasteiger partial charge is 0.459 e. The first kappa shape index (κ1) is 13.2. The molecule has 0 N–H and O–H groups in total. The summed E-state index contributed by atoms with van der Waals surface area (Å²) in [5.74, 6) is 0.719. The molecule has 3 rings (SSSR count). The van der Waals surface area contributed by atoms with Gasteiger partial charge in [0.1, 0.15) is 12.2 Å². The molecule has 2 aliphatic carbocycles. The van der Waals surface area contributed by atoms with Crippen molar-refractivity contribution in [2.75, 3.05) is 0 Å². The lowest BCUT2D eigenvalue weighted by Gasteiger charge is -2.28. The standard InChI is InChI=1S/C16H24O3/c1-10-8-14-15(19-14)9-13(10)16(17)18-11(2)12-6-4-3-5-7-12/h9-12,14-15H,3-8H2,1-2H3. The molecule has 1 saturated carbocycles. The van der Waals surface area contributed by atoms with E-state index in [9.17, 15) is 4.79 Å². The summed E-state index contributed by atoms with van der Waals surface area (Å²) in [6.45, 7) is 4.15. The van der Waals surface area contributed by atoms with Gasteiger partial charge < -0.3 is 9.47 Å². The summed E-state index contributed by atoms with van der Waals surface area (Å²) in [4.78, 5) is 12.3. The summed E-state index contributed by atoms with van der Waals surface area (Å²) in [7, 11) is 0. The molecule has 0 spiro atoms. The van der Waals surface area contributed by atoms with Gasteiger partial charge in [-0.2, -0.15) is 0 Å². The summed E-state index contributed by atoms with van der Waals surface area (Å²) >= 11 is 0. The van der Waals surface area contributed by atoms with E-state index >= 15 is 0 Å². The molecule has 0 aromatic carbocycles. The first-order valence-electron chi connectivity index (χ1n) is 7.73. The second-order valence-corrected chi connectivity index (χ2v) is 6.41. The average Bonchev–Trinajstić information content (AvgIpc) is 3.16. The molecule has 3 heteroatoms. The fraction of sp³-hybridized carbons (Fsp3) is 0.812. The van der Waals surface area contributed by atoms with Crippen molar-refractivity contribution in [1.82, 2.24) is 0 Å². The van der Waals surface area contributed by atoms with Crippen LogP contribution >= 0.6 is 0 Å². The predicted molar refractivity (Wildman–Crippen MR) is 72.7 cm³/mol. The summed E-state index contributed by atoms with van der Waals surface area (Å²) in [5, 5.41) is 0. The number of hydrogen-bond donors (Lipinski definition) is 0. The van der Waals surface area contributed by atoms with Crippen molar-refractivity contribution < 1.29 is 14.3 Å². The first-order chi connectivity index (χ1) is 9.15. The van der Waals surface area contributed by atoms with Crippen molar-refractivity contribution in [2.45, 2.75) is 70.7 Å². The summed E-state index contributed by atoms with van der Waals surface area (Å²) < 4.78 is 11.2. The monoisotopic (exact) mass is 264 g/mol. The Morgan fingerprint density at radius 2 is 2.11 bits per heavy atom. The van der Waals surface area contributed by atoms with E-state index in [0.717, 1.165) is 12.0 Å². The van der Waals surface area contributed by atoms with Crippen LogP contribution in [0.25, 0.3) is 0 Å². The van der Waals surface area contributed by atoms with Gasteiger partial charge in [0, 0.05) is 5.57 Å². The zero-order valence-corrected chi connectivity index (χ0v) is 11.9. The van der Waals surface area contributed by atoms with E-state index in [1.54, 1.807) is 0 Å². The third-order valence-corrected chi connectivity index (χ3v) is 4.92. The third kappa shape index (κ3) is 2.86. The molecular weight excluding hydrogens is 240 g/mol. The highest BCUT2D eigenvalue weighted by Crippen LogP contribution is 2.39. The van der Waals surface area contributed by atoms with Crippen LogP contribution in [0.4, 0.5) is 0 Å². The predicted octanol–water partition coefficient (Wildman–Crippen LogP) is 3.23. The van der Waals surface area contributed by atoms with Crippen molar-refractivity contribution >= 4 is 5.97 Å². The summed E-state index contributed by atoms with van der Waals surface area (Å²) in [5.41, 5.74) is 0.835. The molecule has 3 nitrogen and oxygen atoms in total. The van der Waals surface area contributed by atoms with Crippen LogP contribution in [0, 0.1) is 11.8 Å². The number of hydrogen-bond acceptors (Lipinski definition) is 3. The molecule has 4 unspecified atom stereocenters. The van der Waals surface area contributed by atoms with Crippen molar-refractivity contribution in [3.63, 3.8) is 0 Å². The Kier molecular flexibility index (Phi) is 3.66. The van der Waals surface area contributed by atoms with E-state index < -0.39 is 0 Å². The van der Waals surface area contributed by atoms with Crippen LogP contribution in [0.1, 0.15) is 52.4 Å². The normalized spacial score (nSPS) is 36.1. The van der Waals surface area contributed by atoms with Crippen LogP contribution in [0.15, 0.2) is 11.6 Å². The highest BCUT2D eigenvalue weighted by Gasteiger charge is 2.44. The maximum Gasteiger partial charge on any atom is 0.334 e. The van der Waals surface area contributed by atoms with Gasteiger partial charge in [-0.3, -0.25) is 0 Å². The van der Waals surface area contributed by atoms with Gasteiger partial charge in [0.15, 0.2) is 0 Å². The van der Waals surface area contributed by atoms with E-state index in [1.807, 2.05) is 6.08 Å². The highest BCUT2D eigenvalue weighted by molar-refractivity contribution is 5.89. The SMILES string of the molecule is CC1CC2OC2C=C1C(=O)OC(C)C1CCCCC1. The number of carbonyl (C=O) groups excluding carboxylic acids is 1. The molecule has 3 aliphatic rings. The minimum Gasteiger partial charge on any atom is -0.459 e. The Labute approximate surface area is 115 Å². The molecule has 1 aliphatic heterocycles. The van der Waals surface area contributed by atoms with Crippen LogP contribution in [0.3, 0.4) is 0 Å². The van der Waals surface area contributed by atoms with Gasteiger partial charge in [-0.05, 0) is 44.1 Å². The van der Waals surface area contributed by atoms with Gasteiger partial charge >= 0.3 is 5.97 Å². The number of ether oxygens (including phenoxy) is 2. The van der Waals surface area contributed by atoms with Crippen LogP contribution in [0.2, 0.25) is 0 Å². The van der Waals surface area contributed by atoms with E-state index in [4.69, 9.17) is 9.47 Å². The smallest absolute Gasteiger partial charge is 0.334 e. The number of rotatable bonds is 3. The summed E-state index contributed by atoms with van der Waals surface area (Å²) in [6, 6.07) is 0. The Hall–Kier alpha value is -0.830. The molecule has 2 fully saturated rings. The van der Waals surface area contributed by atoms with Gasteiger partial charge in [0.05, 0.1) is 6.10 Å². The number of fused-ring (bicyclic) bond motifs is 1. The zero-order valence-electron chi connectivity index (χ0n) is 11.9. The molecule has 0 radical (unpaired) electrons. The minimum absolute atomic E-state index is 0.0544. The number of carbonyl (C=O) groups is 1. The molecule has 4 atom stereocenters. The molecule has 106 valence electrons. The Morgan fingerprint density at radius 1 is 1.37 bits per heavy atom. The molecule has 19 heavy (non-hydrogen) atoms. The lowest BCUT2D eigenvalue weighted by atomic mass is 9.85. The molecule has 1 saturated heterocycles. The Balaban J connectivity index is 1.58. The molecule has 1 heterocycles. The van der Waals surface area contributed by atoms with Crippen LogP contribution in [-0.2, 0) is 14.3 Å². The van der Waals surface area contributed by atoms with Gasteiger partial charge in [-0.25, -0.2) is 4.79 Å². The molecule has 0 amide bonds. The second kappa shape index (κ2) is 5.28. The van der Waals surface area contributed by atoms with Crippen molar-refractivity contribution in [3.8, 4) is 0 Å². The quantitative estimate of drug-likeness (QED) is 0.580. The summed E-state index contributed by atoms with van der Waals surface area (Å²) in [6.07, 6.45) is 9.85. The van der Waals surface area contributed by atoms with E-state index in [-0.39, 0.29) is 24.1 Å². The van der Waals surface area contributed by atoms with Gasteiger partial charge in [-0.15, -0.1) is 0 Å². The lowest BCUT2D eigenvalue weighted by molar-refractivity contribution is -0.147. The Morgan fingerprint density at radius 3 is 2.84 bits per heavy atom.